The van der Waals surface area contributed by atoms with Gasteiger partial charge in [0.05, 0.1) is 11.7 Å². The number of carbonyl (C=O) groups excluding carboxylic acids is 3. The summed E-state index contributed by atoms with van der Waals surface area (Å²) in [5.41, 5.74) is 1.30. The van der Waals surface area contributed by atoms with Gasteiger partial charge in [-0.15, -0.1) is 0 Å². The van der Waals surface area contributed by atoms with Gasteiger partial charge in [0.15, 0.2) is 0 Å². The van der Waals surface area contributed by atoms with Gasteiger partial charge in [-0.2, -0.15) is 0 Å². The van der Waals surface area contributed by atoms with Crippen LogP contribution in [0.25, 0.3) is 0 Å². The summed E-state index contributed by atoms with van der Waals surface area (Å²) in [7, 11) is 0. The first-order valence-electron chi connectivity index (χ1n) is 11.6. The Hall–Kier alpha value is -3.53. The van der Waals surface area contributed by atoms with Gasteiger partial charge in [0, 0.05) is 62.4 Å². The highest BCUT2D eigenvalue weighted by Gasteiger charge is 2.45. The first-order chi connectivity index (χ1) is 16.4. The molecule has 0 saturated carbocycles. The average molecular weight is 466 g/mol. The lowest BCUT2D eigenvalue weighted by Crippen LogP contribution is -2.62. The van der Waals surface area contributed by atoms with Crippen LogP contribution in [0.5, 0.6) is 0 Å². The monoisotopic (exact) mass is 465 g/mol. The molecule has 0 radical (unpaired) electrons. The number of piperazine rings is 1. The van der Waals surface area contributed by atoms with Crippen molar-refractivity contribution in [2.24, 2.45) is 0 Å². The number of hydrogen-bond acceptors (Lipinski definition) is 6. The van der Waals surface area contributed by atoms with Crippen molar-refractivity contribution in [2.45, 2.75) is 51.0 Å². The molecule has 0 aliphatic carbocycles. The van der Waals surface area contributed by atoms with Crippen molar-refractivity contribution < 1.29 is 14.4 Å². The Morgan fingerprint density at radius 3 is 2.65 bits per heavy atom. The molecule has 0 bridgehead atoms. The van der Waals surface area contributed by atoms with Gasteiger partial charge < -0.3 is 20.9 Å². The molecule has 3 N–H and O–H groups in total. The molecule has 0 spiro atoms. The average Bonchev–Trinajstić information content (AvgIpc) is 3.21. The van der Waals surface area contributed by atoms with Crippen LogP contribution in [-0.4, -0.2) is 81.4 Å². The molecule has 2 fully saturated rings. The van der Waals surface area contributed by atoms with E-state index in [1.165, 1.54) is 0 Å². The number of hydrogen-bond donors (Lipinski definition) is 3. The number of aromatic nitrogens is 2. The van der Waals surface area contributed by atoms with Crippen molar-refractivity contribution in [3.8, 4) is 0 Å². The zero-order valence-electron chi connectivity index (χ0n) is 19.5. The Morgan fingerprint density at radius 2 is 1.94 bits per heavy atom. The van der Waals surface area contributed by atoms with Crippen molar-refractivity contribution >= 4 is 17.8 Å². The van der Waals surface area contributed by atoms with Gasteiger partial charge in [-0.25, -0.2) is 4.79 Å². The second kappa shape index (κ2) is 10.6. The molecule has 2 aliphatic rings. The second-order valence-corrected chi connectivity index (χ2v) is 9.07. The molecule has 10 heteroatoms. The maximum atomic E-state index is 13.5. The van der Waals surface area contributed by atoms with E-state index in [4.69, 9.17) is 0 Å². The van der Waals surface area contributed by atoms with Crippen LogP contribution in [0.3, 0.4) is 0 Å². The molecule has 2 aliphatic heterocycles. The molecule has 34 heavy (non-hydrogen) atoms. The van der Waals surface area contributed by atoms with Crippen LogP contribution in [0, 0.1) is 0 Å². The second-order valence-electron chi connectivity index (χ2n) is 9.07. The standard InChI is InChI=1S/C24H31N7O3/c1-16(2)28-24(34)29-18-10-20-15-30(13-19-11-25-8-9-26-19)21(23(33)31(20)14-18)12-27-22(32)17-6-4-3-5-7-17/h3-9,11,16,18,20-21H,10,12-15H2,1-2H3,(H,27,32)(H2,28,29,34)/t18-,20-,21-/m0/s1. The molecule has 10 nitrogen and oxygen atoms in total. The van der Waals surface area contributed by atoms with E-state index in [0.29, 0.717) is 31.6 Å². The lowest BCUT2D eigenvalue weighted by molar-refractivity contribution is -0.143. The van der Waals surface area contributed by atoms with Gasteiger partial charge in [0.2, 0.25) is 5.91 Å². The van der Waals surface area contributed by atoms with Crippen molar-refractivity contribution in [1.29, 1.82) is 0 Å². The number of carbonyl (C=O) groups is 3. The topological polar surface area (TPSA) is 120 Å². The van der Waals surface area contributed by atoms with Crippen LogP contribution in [0.4, 0.5) is 4.79 Å². The number of urea groups is 1. The molecule has 4 rings (SSSR count). The predicted octanol–water partition coefficient (Wildman–Crippen LogP) is 0.768. The molecule has 2 aromatic rings. The van der Waals surface area contributed by atoms with Crippen LogP contribution in [-0.2, 0) is 11.3 Å². The highest BCUT2D eigenvalue weighted by molar-refractivity contribution is 5.94. The van der Waals surface area contributed by atoms with Crippen molar-refractivity contribution in [2.75, 3.05) is 19.6 Å². The van der Waals surface area contributed by atoms with Crippen LogP contribution >= 0.6 is 0 Å². The Kier molecular flexibility index (Phi) is 7.36. The Morgan fingerprint density at radius 1 is 1.15 bits per heavy atom. The maximum absolute atomic E-state index is 13.5. The smallest absolute Gasteiger partial charge is 0.315 e. The van der Waals surface area contributed by atoms with Crippen LogP contribution in [0.15, 0.2) is 48.9 Å². The third kappa shape index (κ3) is 5.69. The zero-order valence-corrected chi connectivity index (χ0v) is 19.5. The first kappa shape index (κ1) is 23.6. The van der Waals surface area contributed by atoms with Gasteiger partial charge in [0.1, 0.15) is 6.04 Å². The van der Waals surface area contributed by atoms with Gasteiger partial charge in [-0.1, -0.05) is 18.2 Å². The molecular weight excluding hydrogens is 434 g/mol. The van der Waals surface area contributed by atoms with E-state index in [2.05, 4.69) is 30.8 Å². The third-order valence-corrected chi connectivity index (χ3v) is 6.10. The van der Waals surface area contributed by atoms with E-state index in [9.17, 15) is 14.4 Å². The summed E-state index contributed by atoms with van der Waals surface area (Å²) in [6, 6.07) is 8.07. The van der Waals surface area contributed by atoms with Gasteiger partial charge >= 0.3 is 6.03 Å². The number of nitrogens with one attached hydrogen (secondary N) is 3. The summed E-state index contributed by atoms with van der Waals surface area (Å²) in [6.45, 7) is 5.51. The summed E-state index contributed by atoms with van der Waals surface area (Å²) in [5.74, 6) is -0.275. The molecule has 3 atom stereocenters. The lowest BCUT2D eigenvalue weighted by atomic mass is 10.0. The number of nitrogens with zero attached hydrogens (tertiary/aromatic N) is 4. The van der Waals surface area contributed by atoms with E-state index in [-0.39, 0.29) is 42.5 Å². The Bertz CT molecular complexity index is 1000. The molecule has 1 aromatic carbocycles. The Balaban J connectivity index is 1.46. The van der Waals surface area contributed by atoms with Crippen LogP contribution in [0.1, 0.15) is 36.3 Å². The fourth-order valence-corrected chi connectivity index (χ4v) is 4.59. The van der Waals surface area contributed by atoms with Crippen molar-refractivity contribution in [3.05, 3.63) is 60.2 Å². The number of rotatable bonds is 7. The number of amides is 4. The summed E-state index contributed by atoms with van der Waals surface area (Å²) in [6.07, 6.45) is 5.60. The largest absolute Gasteiger partial charge is 0.350 e. The first-order valence-corrected chi connectivity index (χ1v) is 11.6. The molecule has 1 aromatic heterocycles. The molecule has 3 heterocycles. The van der Waals surface area contributed by atoms with Gasteiger partial charge in [-0.05, 0) is 32.4 Å². The minimum atomic E-state index is -0.533. The zero-order chi connectivity index (χ0) is 24.1. The minimum Gasteiger partial charge on any atom is -0.350 e. The SMILES string of the molecule is CC(C)NC(=O)N[C@H]1C[C@H]2CN(Cc3cnccn3)[C@@H](CNC(=O)c3ccccc3)C(=O)N2C1. The molecule has 4 amide bonds. The quantitative estimate of drug-likeness (QED) is 0.556. The van der Waals surface area contributed by atoms with E-state index in [0.717, 1.165) is 5.69 Å². The van der Waals surface area contributed by atoms with Crippen LogP contribution < -0.4 is 16.0 Å². The van der Waals surface area contributed by atoms with Crippen LogP contribution in [0.2, 0.25) is 0 Å². The van der Waals surface area contributed by atoms with Gasteiger partial charge in [0.25, 0.3) is 5.91 Å². The number of benzene rings is 1. The summed E-state index contributed by atoms with van der Waals surface area (Å²) in [5, 5.41) is 8.73. The maximum Gasteiger partial charge on any atom is 0.315 e. The summed E-state index contributed by atoms with van der Waals surface area (Å²) < 4.78 is 0. The highest BCUT2D eigenvalue weighted by Crippen LogP contribution is 2.27. The van der Waals surface area contributed by atoms with E-state index < -0.39 is 6.04 Å². The van der Waals surface area contributed by atoms with E-state index >= 15 is 0 Å². The Labute approximate surface area is 199 Å². The lowest BCUT2D eigenvalue weighted by Gasteiger charge is -2.42. The fourth-order valence-electron chi connectivity index (χ4n) is 4.59. The minimum absolute atomic E-state index is 0.0189. The summed E-state index contributed by atoms with van der Waals surface area (Å²) >= 11 is 0. The number of fused-ring (bicyclic) bond motifs is 1. The third-order valence-electron chi connectivity index (χ3n) is 6.10. The van der Waals surface area contributed by atoms with E-state index in [1.54, 1.807) is 42.9 Å². The van der Waals surface area contributed by atoms with Crippen molar-refractivity contribution in [1.82, 2.24) is 35.7 Å². The van der Waals surface area contributed by atoms with Gasteiger partial charge in [-0.3, -0.25) is 24.5 Å². The predicted molar refractivity (Wildman–Crippen MR) is 126 cm³/mol. The molecule has 180 valence electrons. The van der Waals surface area contributed by atoms with E-state index in [1.807, 2.05) is 24.8 Å². The molecule has 0 unspecified atom stereocenters. The summed E-state index contributed by atoms with van der Waals surface area (Å²) in [4.78, 5) is 50.7. The molecular formula is C24H31N7O3. The molecule has 2 saturated heterocycles. The highest BCUT2D eigenvalue weighted by atomic mass is 16.2. The fraction of sp³-hybridized carbons (Fsp3) is 0.458. The normalized spacial score (nSPS) is 22.4. The van der Waals surface area contributed by atoms with Crippen molar-refractivity contribution in [3.63, 3.8) is 0 Å².